The van der Waals surface area contributed by atoms with E-state index in [1.807, 2.05) is 19.1 Å². The molecule has 5 nitrogen and oxygen atoms in total. The quantitative estimate of drug-likeness (QED) is 0.803. The highest BCUT2D eigenvalue weighted by Crippen LogP contribution is 2.25. The number of carbonyl (C=O) groups excluding carboxylic acids is 1. The van der Waals surface area contributed by atoms with Crippen LogP contribution in [0.25, 0.3) is 0 Å². The van der Waals surface area contributed by atoms with Crippen molar-refractivity contribution in [2.45, 2.75) is 26.2 Å². The van der Waals surface area contributed by atoms with Crippen molar-refractivity contribution in [3.05, 3.63) is 53.5 Å². The van der Waals surface area contributed by atoms with Crippen LogP contribution in [0.1, 0.15) is 25.1 Å². The fourth-order valence-corrected chi connectivity index (χ4v) is 2.17. The Morgan fingerprint density at radius 2 is 1.87 bits per heavy atom. The summed E-state index contributed by atoms with van der Waals surface area (Å²) in [6, 6.07) is 10.0. The number of aromatic nitrogens is 2. The van der Waals surface area contributed by atoms with E-state index >= 15 is 0 Å². The second-order valence-corrected chi connectivity index (χ2v) is 5.85. The van der Waals surface area contributed by atoms with Gasteiger partial charge in [-0.15, -0.1) is 5.10 Å². The van der Waals surface area contributed by atoms with Crippen LogP contribution in [-0.2, 0) is 10.2 Å². The number of hydrogen-bond donors (Lipinski definition) is 2. The molecule has 1 aromatic heterocycles. The third-order valence-electron chi connectivity index (χ3n) is 3.63. The zero-order valence-electron chi connectivity index (χ0n) is 13.6. The Bertz CT molecular complexity index is 671. The summed E-state index contributed by atoms with van der Waals surface area (Å²) < 4.78 is 13.9. The van der Waals surface area contributed by atoms with Crippen LogP contribution in [0, 0.1) is 12.7 Å². The van der Waals surface area contributed by atoms with Gasteiger partial charge in [0.05, 0.1) is 11.1 Å². The lowest BCUT2D eigenvalue weighted by atomic mass is 9.83. The third kappa shape index (κ3) is 4.25. The lowest BCUT2D eigenvalue weighted by molar-refractivity contribution is -0.125. The van der Waals surface area contributed by atoms with Gasteiger partial charge in [-0.05, 0) is 39.0 Å². The Kier molecular flexibility index (Phi) is 5.26. The predicted molar refractivity (Wildman–Crippen MR) is 87.7 cm³/mol. The van der Waals surface area contributed by atoms with E-state index in [0.29, 0.717) is 24.5 Å². The molecule has 0 saturated carbocycles. The Morgan fingerprint density at radius 1 is 1.13 bits per heavy atom. The summed E-state index contributed by atoms with van der Waals surface area (Å²) in [5.41, 5.74) is 0.292. The van der Waals surface area contributed by atoms with Crippen molar-refractivity contribution in [2.75, 3.05) is 18.4 Å². The van der Waals surface area contributed by atoms with Crippen LogP contribution < -0.4 is 10.6 Å². The minimum atomic E-state index is -0.936. The van der Waals surface area contributed by atoms with E-state index in [9.17, 15) is 9.18 Å². The van der Waals surface area contributed by atoms with E-state index in [-0.39, 0.29) is 11.7 Å². The molecule has 0 aliphatic rings. The molecular weight excluding hydrogens is 295 g/mol. The summed E-state index contributed by atoms with van der Waals surface area (Å²) in [7, 11) is 0. The molecule has 6 heteroatoms. The zero-order valence-corrected chi connectivity index (χ0v) is 13.6. The molecule has 2 rings (SSSR count). The standard InChI is InChI=1S/C17H21FN4O/c1-12-8-9-15(22-21-12)19-10-11-20-16(23)17(2,3)13-6-4-5-7-14(13)18/h4-9H,10-11H2,1-3H3,(H,19,22)(H,20,23). The molecular formula is C17H21FN4O. The highest BCUT2D eigenvalue weighted by Gasteiger charge is 2.31. The van der Waals surface area contributed by atoms with Gasteiger partial charge in [-0.25, -0.2) is 4.39 Å². The van der Waals surface area contributed by atoms with Crippen molar-refractivity contribution >= 4 is 11.7 Å². The molecule has 0 atom stereocenters. The second-order valence-electron chi connectivity index (χ2n) is 5.85. The molecule has 0 bridgehead atoms. The van der Waals surface area contributed by atoms with Gasteiger partial charge < -0.3 is 10.6 Å². The molecule has 0 aliphatic carbocycles. The average molecular weight is 316 g/mol. The summed E-state index contributed by atoms with van der Waals surface area (Å²) in [5, 5.41) is 13.8. The maximum Gasteiger partial charge on any atom is 0.230 e. The molecule has 0 saturated heterocycles. The summed E-state index contributed by atoms with van der Waals surface area (Å²) in [6.45, 7) is 6.20. The van der Waals surface area contributed by atoms with Gasteiger partial charge in [-0.2, -0.15) is 5.10 Å². The van der Waals surface area contributed by atoms with Crippen LogP contribution in [0.5, 0.6) is 0 Å². The van der Waals surface area contributed by atoms with Gasteiger partial charge in [0.1, 0.15) is 11.6 Å². The molecule has 0 aliphatic heterocycles. The topological polar surface area (TPSA) is 66.9 Å². The van der Waals surface area contributed by atoms with Crippen LogP contribution in [0.2, 0.25) is 0 Å². The van der Waals surface area contributed by atoms with Crippen LogP contribution in [0.3, 0.4) is 0 Å². The summed E-state index contributed by atoms with van der Waals surface area (Å²) in [5.74, 6) is 0.0540. The predicted octanol–water partition coefficient (Wildman–Crippen LogP) is 2.43. The molecule has 0 unspecified atom stereocenters. The molecule has 0 radical (unpaired) electrons. The molecule has 0 fully saturated rings. The Labute approximate surface area is 135 Å². The van der Waals surface area contributed by atoms with Crippen LogP contribution in [0.4, 0.5) is 10.2 Å². The molecule has 2 N–H and O–H groups in total. The van der Waals surface area contributed by atoms with E-state index < -0.39 is 5.41 Å². The first-order chi connectivity index (χ1) is 10.9. The lowest BCUT2D eigenvalue weighted by Crippen LogP contribution is -2.42. The van der Waals surface area contributed by atoms with Crippen molar-refractivity contribution < 1.29 is 9.18 Å². The number of nitrogens with one attached hydrogen (secondary N) is 2. The average Bonchev–Trinajstić information content (AvgIpc) is 2.53. The van der Waals surface area contributed by atoms with Gasteiger partial charge in [0, 0.05) is 18.7 Å². The zero-order chi connectivity index (χ0) is 16.9. The van der Waals surface area contributed by atoms with Crippen molar-refractivity contribution in [1.29, 1.82) is 0 Å². The number of anilines is 1. The van der Waals surface area contributed by atoms with Crippen LogP contribution in [0.15, 0.2) is 36.4 Å². The van der Waals surface area contributed by atoms with Gasteiger partial charge >= 0.3 is 0 Å². The Balaban J connectivity index is 1.86. The van der Waals surface area contributed by atoms with E-state index in [1.54, 1.807) is 32.0 Å². The molecule has 0 spiro atoms. The third-order valence-corrected chi connectivity index (χ3v) is 3.63. The maximum atomic E-state index is 13.9. The van der Waals surface area contributed by atoms with Crippen molar-refractivity contribution in [3.63, 3.8) is 0 Å². The lowest BCUT2D eigenvalue weighted by Gasteiger charge is -2.24. The van der Waals surface area contributed by atoms with E-state index in [1.165, 1.54) is 6.07 Å². The fourth-order valence-electron chi connectivity index (χ4n) is 2.17. The van der Waals surface area contributed by atoms with Gasteiger partial charge in [0.2, 0.25) is 5.91 Å². The van der Waals surface area contributed by atoms with Crippen molar-refractivity contribution in [2.24, 2.45) is 0 Å². The van der Waals surface area contributed by atoms with E-state index in [2.05, 4.69) is 20.8 Å². The van der Waals surface area contributed by atoms with Gasteiger partial charge in [0.15, 0.2) is 0 Å². The normalized spacial score (nSPS) is 11.1. The molecule has 1 heterocycles. The van der Waals surface area contributed by atoms with E-state index in [4.69, 9.17) is 0 Å². The molecule has 1 aromatic carbocycles. The highest BCUT2D eigenvalue weighted by molar-refractivity contribution is 5.87. The van der Waals surface area contributed by atoms with Crippen molar-refractivity contribution in [1.82, 2.24) is 15.5 Å². The molecule has 2 aromatic rings. The summed E-state index contributed by atoms with van der Waals surface area (Å²) in [6.07, 6.45) is 0. The number of amides is 1. The first kappa shape index (κ1) is 16.9. The minimum absolute atomic E-state index is 0.223. The van der Waals surface area contributed by atoms with Crippen molar-refractivity contribution in [3.8, 4) is 0 Å². The summed E-state index contributed by atoms with van der Waals surface area (Å²) >= 11 is 0. The molecule has 23 heavy (non-hydrogen) atoms. The number of benzene rings is 1. The first-order valence-corrected chi connectivity index (χ1v) is 7.49. The number of hydrogen-bond acceptors (Lipinski definition) is 4. The Morgan fingerprint density at radius 3 is 2.52 bits per heavy atom. The van der Waals surface area contributed by atoms with Crippen LogP contribution >= 0.6 is 0 Å². The number of aryl methyl sites for hydroxylation is 1. The minimum Gasteiger partial charge on any atom is -0.367 e. The number of carbonyl (C=O) groups is 1. The summed E-state index contributed by atoms with van der Waals surface area (Å²) in [4.78, 5) is 12.3. The number of halogens is 1. The molecule has 1 amide bonds. The van der Waals surface area contributed by atoms with Crippen LogP contribution in [-0.4, -0.2) is 29.2 Å². The number of nitrogens with zero attached hydrogens (tertiary/aromatic N) is 2. The van der Waals surface area contributed by atoms with Gasteiger partial charge in [-0.1, -0.05) is 18.2 Å². The van der Waals surface area contributed by atoms with E-state index in [0.717, 1.165) is 5.69 Å². The molecule has 122 valence electrons. The smallest absolute Gasteiger partial charge is 0.230 e. The maximum absolute atomic E-state index is 13.9. The largest absolute Gasteiger partial charge is 0.367 e. The van der Waals surface area contributed by atoms with Gasteiger partial charge in [0.25, 0.3) is 0 Å². The van der Waals surface area contributed by atoms with Gasteiger partial charge in [-0.3, -0.25) is 4.79 Å². The fraction of sp³-hybridized carbons (Fsp3) is 0.353. The monoisotopic (exact) mass is 316 g/mol. The Hall–Kier alpha value is -2.50. The first-order valence-electron chi connectivity index (χ1n) is 7.49. The number of rotatable bonds is 6. The SMILES string of the molecule is Cc1ccc(NCCNC(=O)C(C)(C)c2ccccc2F)nn1. The second kappa shape index (κ2) is 7.17. The highest BCUT2D eigenvalue weighted by atomic mass is 19.1.